The second kappa shape index (κ2) is 7.27. The minimum Gasteiger partial charge on any atom is -0.390 e. The van der Waals surface area contributed by atoms with Gasteiger partial charge in [-0.3, -0.25) is 14.4 Å². The van der Waals surface area contributed by atoms with E-state index in [1.54, 1.807) is 27.7 Å². The number of alkyl halides is 2. The lowest BCUT2D eigenvalue weighted by Gasteiger charge is -2.64. The van der Waals surface area contributed by atoms with Crippen LogP contribution >= 0.6 is 0 Å². The maximum atomic E-state index is 17.3. The van der Waals surface area contributed by atoms with Gasteiger partial charge in [0.25, 0.3) is 0 Å². The number of hydrogen-bond acceptors (Lipinski definition) is 7. The number of fused-ring (bicyclic) bond motifs is 7. The number of ketones is 3. The van der Waals surface area contributed by atoms with Gasteiger partial charge in [-0.2, -0.15) is 0 Å². The van der Waals surface area contributed by atoms with Gasteiger partial charge in [0.2, 0.25) is 5.78 Å². The number of aliphatic hydroxyl groups excluding tert-OH is 2. The number of rotatable bonds is 3. The van der Waals surface area contributed by atoms with Crippen LogP contribution in [0.15, 0.2) is 11.6 Å². The number of Topliss-reactive ketones (excluding diaryl/α,β-unsaturated/α-hetero) is 2. The van der Waals surface area contributed by atoms with Crippen molar-refractivity contribution in [1.29, 1.82) is 0 Å². The van der Waals surface area contributed by atoms with Crippen LogP contribution in [0.4, 0.5) is 8.78 Å². The highest BCUT2D eigenvalue weighted by Crippen LogP contribution is 2.73. The standard InChI is InChI=1S/C26H34F2O7/c1-12(29)20(32)21(33)26-19(34-22(2,3)35-26)10-14-15-9-17(27)16-8-13(30)6-7-23(16,4)25(15,28)18(31)11-24(14,26)5/h8,14-15,17-20,31-32H,6-7,9-11H2,1-5H3/t14-,15-,17-,18-,19+,20?,23-,24-,25-,26-/m0/s1. The Morgan fingerprint density at radius 3 is 2.46 bits per heavy atom. The zero-order chi connectivity index (χ0) is 25.9. The molecule has 0 aromatic carbocycles. The van der Waals surface area contributed by atoms with Crippen molar-refractivity contribution < 1.29 is 42.9 Å². The number of hydrogen-bond donors (Lipinski definition) is 2. The summed E-state index contributed by atoms with van der Waals surface area (Å²) in [5.74, 6) is -4.71. The Labute approximate surface area is 203 Å². The zero-order valence-corrected chi connectivity index (χ0v) is 20.8. The molecule has 1 unspecified atom stereocenters. The van der Waals surface area contributed by atoms with E-state index in [4.69, 9.17) is 9.47 Å². The molecule has 7 nitrogen and oxygen atoms in total. The first-order valence-corrected chi connectivity index (χ1v) is 12.4. The fraction of sp³-hybridized carbons (Fsp3) is 0.808. The van der Waals surface area contributed by atoms with Crippen LogP contribution in [0, 0.1) is 22.7 Å². The van der Waals surface area contributed by atoms with E-state index >= 15 is 8.78 Å². The summed E-state index contributed by atoms with van der Waals surface area (Å²) in [5, 5.41) is 22.0. The SMILES string of the molecule is CC(=O)C(O)C(=O)[C@@]12OC(C)(C)O[C@@H]1C[C@H]1[C@@H]3C[C@H](F)C4=CC(=O)CC[C@]4(C)[C@@]3(F)[C@@H](O)C[C@@]12C. The third-order valence-corrected chi connectivity index (χ3v) is 10.0. The molecular formula is C26H34F2O7. The lowest BCUT2D eigenvalue weighted by atomic mass is 9.43. The van der Waals surface area contributed by atoms with Crippen LogP contribution in [0.25, 0.3) is 0 Å². The minimum absolute atomic E-state index is 0.0655. The van der Waals surface area contributed by atoms with Crippen molar-refractivity contribution in [3.8, 4) is 0 Å². The van der Waals surface area contributed by atoms with Crippen LogP contribution in [0.3, 0.4) is 0 Å². The Bertz CT molecular complexity index is 1040. The van der Waals surface area contributed by atoms with Crippen LogP contribution < -0.4 is 0 Å². The number of allylic oxidation sites excluding steroid dienone is 1. The maximum Gasteiger partial charge on any atom is 0.203 e. The minimum atomic E-state index is -2.23. The van der Waals surface area contributed by atoms with Gasteiger partial charge in [0.15, 0.2) is 29.1 Å². The number of halogens is 2. The Morgan fingerprint density at radius 1 is 1.17 bits per heavy atom. The maximum absolute atomic E-state index is 17.3. The predicted octanol–water partition coefficient (Wildman–Crippen LogP) is 2.55. The smallest absolute Gasteiger partial charge is 0.203 e. The van der Waals surface area contributed by atoms with Gasteiger partial charge >= 0.3 is 0 Å². The molecule has 4 aliphatic carbocycles. The first-order chi connectivity index (χ1) is 16.0. The molecule has 5 aliphatic rings. The first-order valence-electron chi connectivity index (χ1n) is 12.4. The Kier molecular flexibility index (Phi) is 5.22. The lowest BCUT2D eigenvalue weighted by Crippen LogP contribution is -2.72. The Morgan fingerprint density at radius 2 is 1.83 bits per heavy atom. The van der Waals surface area contributed by atoms with Crippen LogP contribution in [-0.4, -0.2) is 69.1 Å². The predicted molar refractivity (Wildman–Crippen MR) is 119 cm³/mol. The first kappa shape index (κ1) is 25.1. The molecule has 0 spiro atoms. The quantitative estimate of drug-likeness (QED) is 0.578. The Balaban J connectivity index is 1.66. The molecule has 0 radical (unpaired) electrons. The molecule has 9 heteroatoms. The largest absolute Gasteiger partial charge is 0.390 e. The molecule has 3 saturated carbocycles. The van der Waals surface area contributed by atoms with Gasteiger partial charge in [0.1, 0.15) is 11.8 Å². The molecule has 1 saturated heterocycles. The second-order valence-corrected chi connectivity index (χ2v) is 12.2. The summed E-state index contributed by atoms with van der Waals surface area (Å²) >= 11 is 0. The van der Waals surface area contributed by atoms with E-state index in [0.717, 1.165) is 6.92 Å². The van der Waals surface area contributed by atoms with E-state index in [0.29, 0.717) is 0 Å². The van der Waals surface area contributed by atoms with Crippen molar-refractivity contribution in [3.63, 3.8) is 0 Å². The van der Waals surface area contributed by atoms with E-state index in [1.807, 2.05) is 0 Å². The van der Waals surface area contributed by atoms with Crippen molar-refractivity contribution in [2.24, 2.45) is 22.7 Å². The van der Waals surface area contributed by atoms with Crippen molar-refractivity contribution in [3.05, 3.63) is 11.6 Å². The fourth-order valence-corrected chi connectivity index (χ4v) is 8.48. The van der Waals surface area contributed by atoms with E-state index in [2.05, 4.69) is 0 Å². The van der Waals surface area contributed by atoms with Crippen molar-refractivity contribution >= 4 is 17.3 Å². The highest BCUT2D eigenvalue weighted by Gasteiger charge is 2.81. The van der Waals surface area contributed by atoms with Gasteiger partial charge in [0, 0.05) is 23.2 Å². The van der Waals surface area contributed by atoms with Crippen molar-refractivity contribution in [2.45, 2.75) is 108 Å². The monoisotopic (exact) mass is 496 g/mol. The molecule has 0 aromatic heterocycles. The van der Waals surface area contributed by atoms with Crippen LogP contribution in [0.1, 0.15) is 66.7 Å². The van der Waals surface area contributed by atoms with E-state index < -0.39 is 75.8 Å². The van der Waals surface area contributed by atoms with Gasteiger partial charge in [-0.25, -0.2) is 8.78 Å². The summed E-state index contributed by atoms with van der Waals surface area (Å²) in [5.41, 5.74) is -6.55. The van der Waals surface area contributed by atoms with Gasteiger partial charge < -0.3 is 19.7 Å². The van der Waals surface area contributed by atoms with Crippen LogP contribution in [-0.2, 0) is 23.9 Å². The molecule has 5 rings (SSSR count). The summed E-state index contributed by atoms with van der Waals surface area (Å²) in [6.45, 7) is 7.61. The normalized spacial score (nSPS) is 50.9. The molecule has 1 heterocycles. The Hall–Kier alpha value is -1.55. The summed E-state index contributed by atoms with van der Waals surface area (Å²) in [7, 11) is 0. The number of carbonyl (C=O) groups excluding carboxylic acids is 3. The molecule has 0 aromatic rings. The average molecular weight is 497 g/mol. The average Bonchev–Trinajstić information content (AvgIpc) is 3.16. The highest BCUT2D eigenvalue weighted by molar-refractivity contribution is 6.09. The third-order valence-electron chi connectivity index (χ3n) is 10.0. The van der Waals surface area contributed by atoms with Gasteiger partial charge in [0.05, 0.1) is 12.2 Å². The summed E-state index contributed by atoms with van der Waals surface area (Å²) in [4.78, 5) is 37.8. The zero-order valence-electron chi connectivity index (χ0n) is 20.8. The van der Waals surface area contributed by atoms with Crippen LogP contribution in [0.2, 0.25) is 0 Å². The van der Waals surface area contributed by atoms with E-state index in [1.165, 1.54) is 6.08 Å². The number of ether oxygens (including phenoxy) is 2. The van der Waals surface area contributed by atoms with Crippen molar-refractivity contribution in [2.75, 3.05) is 0 Å². The summed E-state index contributed by atoms with van der Waals surface area (Å²) in [6.07, 6.45) is -4.97. The van der Waals surface area contributed by atoms with Crippen LogP contribution in [0.5, 0.6) is 0 Å². The molecule has 2 N–H and O–H groups in total. The molecule has 10 atom stereocenters. The molecule has 0 amide bonds. The molecule has 0 bridgehead atoms. The molecule has 194 valence electrons. The van der Waals surface area contributed by atoms with E-state index in [-0.39, 0.29) is 43.5 Å². The number of carbonyl (C=O) groups is 3. The van der Waals surface area contributed by atoms with Gasteiger partial charge in [-0.05, 0) is 64.0 Å². The lowest BCUT2D eigenvalue weighted by molar-refractivity contribution is -0.255. The topological polar surface area (TPSA) is 110 Å². The molecular weight excluding hydrogens is 462 g/mol. The summed E-state index contributed by atoms with van der Waals surface area (Å²) < 4.78 is 45.3. The fourth-order valence-electron chi connectivity index (χ4n) is 8.48. The third kappa shape index (κ3) is 2.87. The van der Waals surface area contributed by atoms with Crippen molar-refractivity contribution in [1.82, 2.24) is 0 Å². The molecule has 1 aliphatic heterocycles. The highest BCUT2D eigenvalue weighted by atomic mass is 19.1. The second-order valence-electron chi connectivity index (χ2n) is 12.2. The van der Waals surface area contributed by atoms with E-state index in [9.17, 15) is 24.6 Å². The summed E-state index contributed by atoms with van der Waals surface area (Å²) in [6, 6.07) is 0. The number of aliphatic hydroxyl groups is 2. The molecule has 35 heavy (non-hydrogen) atoms. The van der Waals surface area contributed by atoms with Gasteiger partial charge in [-0.15, -0.1) is 0 Å². The van der Waals surface area contributed by atoms with Gasteiger partial charge in [-0.1, -0.05) is 13.8 Å². The molecule has 4 fully saturated rings.